The van der Waals surface area contributed by atoms with Gasteiger partial charge in [-0.15, -0.1) is 0 Å². The van der Waals surface area contributed by atoms with E-state index in [1.54, 1.807) is 0 Å². The van der Waals surface area contributed by atoms with Crippen LogP contribution < -0.4 is 5.32 Å². The molecule has 0 aromatic carbocycles. The van der Waals surface area contributed by atoms with E-state index in [1.165, 1.54) is 19.3 Å². The van der Waals surface area contributed by atoms with E-state index >= 15 is 0 Å². The van der Waals surface area contributed by atoms with Crippen LogP contribution in [0.2, 0.25) is 0 Å². The fraction of sp³-hybridized carbons (Fsp3) is 1.00. The third-order valence-corrected chi connectivity index (χ3v) is 4.05. The van der Waals surface area contributed by atoms with Crippen molar-refractivity contribution < 1.29 is 5.11 Å². The molecule has 0 aromatic heterocycles. The maximum atomic E-state index is 10.1. The van der Waals surface area contributed by atoms with Gasteiger partial charge in [0.2, 0.25) is 0 Å². The Morgan fingerprint density at radius 2 is 2.07 bits per heavy atom. The quantitative estimate of drug-likeness (QED) is 0.671. The first-order valence-corrected chi connectivity index (χ1v) is 6.34. The summed E-state index contributed by atoms with van der Waals surface area (Å²) in [6, 6.07) is 0. The summed E-state index contributed by atoms with van der Waals surface area (Å²) in [6.45, 7) is 4.45. The molecular formula is C12H24N2O. The van der Waals surface area contributed by atoms with Crippen LogP contribution in [0.4, 0.5) is 0 Å². The lowest BCUT2D eigenvalue weighted by Crippen LogP contribution is -2.44. The Hall–Kier alpha value is -0.120. The molecule has 0 radical (unpaired) electrons. The van der Waals surface area contributed by atoms with Crippen LogP contribution in [0, 0.1) is 11.8 Å². The van der Waals surface area contributed by atoms with Gasteiger partial charge in [0.15, 0.2) is 0 Å². The SMILES string of the molecule is CN1CCC(O)C(C2CCCNCC2)C1. The van der Waals surface area contributed by atoms with Crippen molar-refractivity contribution in [2.75, 3.05) is 33.2 Å². The monoisotopic (exact) mass is 212 g/mol. The van der Waals surface area contributed by atoms with Crippen molar-refractivity contribution >= 4 is 0 Å². The summed E-state index contributed by atoms with van der Waals surface area (Å²) in [7, 11) is 2.17. The Labute approximate surface area is 92.8 Å². The molecule has 0 amide bonds. The number of likely N-dealkylation sites (tertiary alicyclic amines) is 1. The predicted octanol–water partition coefficient (Wildman–Crippen LogP) is 0.689. The Kier molecular flexibility index (Phi) is 4.00. The number of nitrogens with one attached hydrogen (secondary N) is 1. The van der Waals surface area contributed by atoms with Gasteiger partial charge in [-0.3, -0.25) is 0 Å². The van der Waals surface area contributed by atoms with E-state index in [0.29, 0.717) is 5.92 Å². The lowest BCUT2D eigenvalue weighted by molar-refractivity contribution is 0.00410. The molecule has 3 nitrogen and oxygen atoms in total. The Bertz CT molecular complexity index is 190. The van der Waals surface area contributed by atoms with Crippen LogP contribution in [0.25, 0.3) is 0 Å². The molecule has 3 heteroatoms. The molecule has 2 N–H and O–H groups in total. The number of hydrogen-bond acceptors (Lipinski definition) is 3. The minimum absolute atomic E-state index is 0.0516. The third kappa shape index (κ3) is 2.92. The smallest absolute Gasteiger partial charge is 0.0595 e. The average molecular weight is 212 g/mol. The molecule has 3 atom stereocenters. The number of hydrogen-bond donors (Lipinski definition) is 2. The second kappa shape index (κ2) is 5.28. The van der Waals surface area contributed by atoms with Crippen molar-refractivity contribution in [1.82, 2.24) is 10.2 Å². The maximum Gasteiger partial charge on any atom is 0.0595 e. The summed E-state index contributed by atoms with van der Waals surface area (Å²) in [5, 5.41) is 13.5. The van der Waals surface area contributed by atoms with Gasteiger partial charge in [0.1, 0.15) is 0 Å². The first-order chi connectivity index (χ1) is 7.27. The van der Waals surface area contributed by atoms with Crippen molar-refractivity contribution in [3.8, 4) is 0 Å². The summed E-state index contributed by atoms with van der Waals surface area (Å²) in [6.07, 6.45) is 4.73. The minimum atomic E-state index is -0.0516. The molecule has 3 unspecified atom stereocenters. The number of aliphatic hydroxyl groups excluding tert-OH is 1. The van der Waals surface area contributed by atoms with Gasteiger partial charge in [-0.05, 0) is 51.7 Å². The van der Waals surface area contributed by atoms with E-state index in [2.05, 4.69) is 17.3 Å². The molecule has 0 bridgehead atoms. The van der Waals surface area contributed by atoms with Crippen molar-refractivity contribution in [1.29, 1.82) is 0 Å². The molecule has 2 saturated heterocycles. The molecule has 88 valence electrons. The minimum Gasteiger partial charge on any atom is -0.393 e. The second-order valence-corrected chi connectivity index (χ2v) is 5.22. The van der Waals surface area contributed by atoms with E-state index in [0.717, 1.165) is 38.5 Å². The van der Waals surface area contributed by atoms with E-state index in [4.69, 9.17) is 0 Å². The van der Waals surface area contributed by atoms with Gasteiger partial charge < -0.3 is 15.3 Å². The van der Waals surface area contributed by atoms with Crippen LogP contribution in [0.1, 0.15) is 25.7 Å². The van der Waals surface area contributed by atoms with Gasteiger partial charge in [-0.25, -0.2) is 0 Å². The van der Waals surface area contributed by atoms with Crippen molar-refractivity contribution in [3.05, 3.63) is 0 Å². The standard InChI is InChI=1S/C12H24N2O/c1-14-8-5-12(15)11(9-14)10-3-2-6-13-7-4-10/h10-13,15H,2-9H2,1H3. The molecule has 2 fully saturated rings. The maximum absolute atomic E-state index is 10.1. The normalized spacial score (nSPS) is 40.0. The molecule has 2 aliphatic heterocycles. The summed E-state index contributed by atoms with van der Waals surface area (Å²) in [5.74, 6) is 1.25. The Morgan fingerprint density at radius 1 is 1.20 bits per heavy atom. The summed E-state index contributed by atoms with van der Waals surface area (Å²) >= 11 is 0. The Balaban J connectivity index is 1.93. The molecule has 0 aliphatic carbocycles. The largest absolute Gasteiger partial charge is 0.393 e. The highest BCUT2D eigenvalue weighted by Crippen LogP contribution is 2.30. The molecule has 2 rings (SSSR count). The second-order valence-electron chi connectivity index (χ2n) is 5.22. The fourth-order valence-electron chi connectivity index (χ4n) is 3.08. The highest BCUT2D eigenvalue weighted by molar-refractivity contribution is 4.85. The average Bonchev–Trinajstić information content (AvgIpc) is 2.50. The highest BCUT2D eigenvalue weighted by Gasteiger charge is 2.32. The number of rotatable bonds is 1. The van der Waals surface area contributed by atoms with Crippen molar-refractivity contribution in [2.45, 2.75) is 31.8 Å². The number of aliphatic hydroxyl groups is 1. The van der Waals surface area contributed by atoms with Gasteiger partial charge in [0, 0.05) is 19.0 Å². The summed E-state index contributed by atoms with van der Waals surface area (Å²) < 4.78 is 0. The molecule has 15 heavy (non-hydrogen) atoms. The van der Waals surface area contributed by atoms with Gasteiger partial charge in [-0.1, -0.05) is 0 Å². The zero-order valence-electron chi connectivity index (χ0n) is 9.78. The van der Waals surface area contributed by atoms with E-state index in [9.17, 15) is 5.11 Å². The first kappa shape index (κ1) is 11.4. The van der Waals surface area contributed by atoms with E-state index < -0.39 is 0 Å². The zero-order chi connectivity index (χ0) is 10.7. The first-order valence-electron chi connectivity index (χ1n) is 6.34. The number of piperidine rings is 1. The molecule has 2 aliphatic rings. The topological polar surface area (TPSA) is 35.5 Å². The lowest BCUT2D eigenvalue weighted by atomic mass is 9.79. The van der Waals surface area contributed by atoms with Crippen LogP contribution in [0.5, 0.6) is 0 Å². The number of nitrogens with zero attached hydrogens (tertiary/aromatic N) is 1. The molecule has 0 aromatic rings. The van der Waals surface area contributed by atoms with Gasteiger partial charge in [0.25, 0.3) is 0 Å². The molecule has 0 saturated carbocycles. The van der Waals surface area contributed by atoms with Crippen molar-refractivity contribution in [3.63, 3.8) is 0 Å². The lowest BCUT2D eigenvalue weighted by Gasteiger charge is -2.38. The van der Waals surface area contributed by atoms with Crippen LogP contribution in [-0.4, -0.2) is 49.3 Å². The third-order valence-electron chi connectivity index (χ3n) is 4.05. The van der Waals surface area contributed by atoms with Crippen LogP contribution >= 0.6 is 0 Å². The van der Waals surface area contributed by atoms with Crippen LogP contribution in [0.3, 0.4) is 0 Å². The zero-order valence-corrected chi connectivity index (χ0v) is 9.78. The highest BCUT2D eigenvalue weighted by atomic mass is 16.3. The van der Waals surface area contributed by atoms with Crippen LogP contribution in [-0.2, 0) is 0 Å². The predicted molar refractivity (Wildman–Crippen MR) is 61.8 cm³/mol. The molecule has 2 heterocycles. The van der Waals surface area contributed by atoms with Gasteiger partial charge in [-0.2, -0.15) is 0 Å². The van der Waals surface area contributed by atoms with Gasteiger partial charge >= 0.3 is 0 Å². The van der Waals surface area contributed by atoms with E-state index in [1.807, 2.05) is 0 Å². The fourth-order valence-corrected chi connectivity index (χ4v) is 3.08. The van der Waals surface area contributed by atoms with Gasteiger partial charge in [0.05, 0.1) is 6.10 Å². The molecular weight excluding hydrogens is 188 g/mol. The van der Waals surface area contributed by atoms with Crippen LogP contribution in [0.15, 0.2) is 0 Å². The van der Waals surface area contributed by atoms with E-state index in [-0.39, 0.29) is 6.10 Å². The Morgan fingerprint density at radius 3 is 2.93 bits per heavy atom. The van der Waals surface area contributed by atoms with Crippen molar-refractivity contribution in [2.24, 2.45) is 11.8 Å². The summed E-state index contributed by atoms with van der Waals surface area (Å²) in [4.78, 5) is 2.37. The molecule has 0 spiro atoms. The summed E-state index contributed by atoms with van der Waals surface area (Å²) in [5.41, 5.74) is 0.